The van der Waals surface area contributed by atoms with Crippen molar-refractivity contribution in [2.24, 2.45) is 5.92 Å². The van der Waals surface area contributed by atoms with Crippen LogP contribution in [0.5, 0.6) is 11.5 Å². The van der Waals surface area contributed by atoms with Gasteiger partial charge in [0.05, 0.1) is 5.69 Å². The molecule has 126 valence electrons. The van der Waals surface area contributed by atoms with Crippen LogP contribution in [0.2, 0.25) is 0 Å². The SMILES string of the molecule is Cc1cccc(Oc2ccccc2NC(=O)N2CCCC(C)C2)c1. The molecule has 1 fully saturated rings. The molecule has 1 heterocycles. The minimum atomic E-state index is -0.0538. The number of ether oxygens (including phenoxy) is 1. The average Bonchev–Trinajstić information content (AvgIpc) is 2.57. The van der Waals surface area contributed by atoms with E-state index in [0.29, 0.717) is 17.4 Å². The molecule has 2 amide bonds. The lowest BCUT2D eigenvalue weighted by molar-refractivity contribution is 0.182. The van der Waals surface area contributed by atoms with Crippen LogP contribution in [0.3, 0.4) is 0 Å². The summed E-state index contributed by atoms with van der Waals surface area (Å²) in [5.74, 6) is 1.98. The molecule has 1 N–H and O–H groups in total. The zero-order valence-electron chi connectivity index (χ0n) is 14.3. The Balaban J connectivity index is 1.73. The first-order valence-corrected chi connectivity index (χ1v) is 8.51. The number of carbonyl (C=O) groups excluding carboxylic acids is 1. The van der Waals surface area contributed by atoms with Crippen molar-refractivity contribution in [3.8, 4) is 11.5 Å². The molecule has 2 aromatic rings. The zero-order valence-corrected chi connectivity index (χ0v) is 14.3. The molecule has 0 bridgehead atoms. The monoisotopic (exact) mass is 324 g/mol. The van der Waals surface area contributed by atoms with Crippen LogP contribution in [-0.4, -0.2) is 24.0 Å². The van der Waals surface area contributed by atoms with E-state index >= 15 is 0 Å². The highest BCUT2D eigenvalue weighted by atomic mass is 16.5. The maximum absolute atomic E-state index is 12.5. The molecule has 1 saturated heterocycles. The summed E-state index contributed by atoms with van der Waals surface area (Å²) in [4.78, 5) is 14.4. The van der Waals surface area contributed by atoms with Gasteiger partial charge in [0.1, 0.15) is 5.75 Å². The van der Waals surface area contributed by atoms with E-state index in [9.17, 15) is 4.79 Å². The Labute approximate surface area is 143 Å². The third-order valence-corrected chi connectivity index (χ3v) is 4.29. The molecule has 0 aliphatic carbocycles. The number of piperidine rings is 1. The molecule has 0 radical (unpaired) electrons. The van der Waals surface area contributed by atoms with Crippen molar-refractivity contribution in [2.75, 3.05) is 18.4 Å². The van der Waals surface area contributed by atoms with Crippen LogP contribution in [0.4, 0.5) is 10.5 Å². The van der Waals surface area contributed by atoms with Gasteiger partial charge in [0.15, 0.2) is 5.75 Å². The Bertz CT molecular complexity index is 714. The number of para-hydroxylation sites is 2. The molecule has 0 spiro atoms. The molecule has 1 unspecified atom stereocenters. The normalized spacial score (nSPS) is 17.4. The molecular formula is C20H24N2O2. The Morgan fingerprint density at radius 1 is 1.21 bits per heavy atom. The van der Waals surface area contributed by atoms with Crippen molar-refractivity contribution in [3.63, 3.8) is 0 Å². The minimum absolute atomic E-state index is 0.0538. The number of likely N-dealkylation sites (tertiary alicyclic amines) is 1. The first-order valence-electron chi connectivity index (χ1n) is 8.51. The Morgan fingerprint density at radius 3 is 2.83 bits per heavy atom. The zero-order chi connectivity index (χ0) is 16.9. The van der Waals surface area contributed by atoms with E-state index < -0.39 is 0 Å². The maximum Gasteiger partial charge on any atom is 0.321 e. The predicted octanol–water partition coefficient (Wildman–Crippen LogP) is 5.05. The van der Waals surface area contributed by atoms with Crippen LogP contribution in [0.15, 0.2) is 48.5 Å². The number of rotatable bonds is 3. The highest BCUT2D eigenvalue weighted by Gasteiger charge is 2.21. The van der Waals surface area contributed by atoms with Gasteiger partial charge in [0, 0.05) is 13.1 Å². The lowest BCUT2D eigenvalue weighted by Crippen LogP contribution is -2.41. The molecule has 24 heavy (non-hydrogen) atoms. The molecule has 1 aliphatic rings. The van der Waals surface area contributed by atoms with Crippen LogP contribution < -0.4 is 10.1 Å². The number of hydrogen-bond donors (Lipinski definition) is 1. The number of aryl methyl sites for hydroxylation is 1. The van der Waals surface area contributed by atoms with Gasteiger partial charge in [-0.15, -0.1) is 0 Å². The number of nitrogens with one attached hydrogen (secondary N) is 1. The maximum atomic E-state index is 12.5. The first kappa shape index (κ1) is 16.4. The fourth-order valence-corrected chi connectivity index (χ4v) is 3.03. The molecule has 1 atom stereocenters. The largest absolute Gasteiger partial charge is 0.455 e. The van der Waals surface area contributed by atoms with Crippen LogP contribution in [0, 0.1) is 12.8 Å². The quantitative estimate of drug-likeness (QED) is 0.858. The predicted molar refractivity (Wildman–Crippen MR) is 96.7 cm³/mol. The number of hydrogen-bond acceptors (Lipinski definition) is 2. The third kappa shape index (κ3) is 4.07. The Hall–Kier alpha value is -2.49. The van der Waals surface area contributed by atoms with Gasteiger partial charge in [-0.2, -0.15) is 0 Å². The molecular weight excluding hydrogens is 300 g/mol. The summed E-state index contributed by atoms with van der Waals surface area (Å²) in [5.41, 5.74) is 1.83. The Morgan fingerprint density at radius 2 is 2.04 bits per heavy atom. The number of carbonyl (C=O) groups is 1. The van der Waals surface area contributed by atoms with E-state index in [-0.39, 0.29) is 6.03 Å². The van der Waals surface area contributed by atoms with E-state index in [1.54, 1.807) is 0 Å². The number of anilines is 1. The molecule has 2 aromatic carbocycles. The van der Waals surface area contributed by atoms with Gasteiger partial charge >= 0.3 is 6.03 Å². The topological polar surface area (TPSA) is 41.6 Å². The fraction of sp³-hybridized carbons (Fsp3) is 0.350. The van der Waals surface area contributed by atoms with Gasteiger partial charge in [0.2, 0.25) is 0 Å². The van der Waals surface area contributed by atoms with Crippen LogP contribution in [0.25, 0.3) is 0 Å². The molecule has 4 nitrogen and oxygen atoms in total. The average molecular weight is 324 g/mol. The summed E-state index contributed by atoms with van der Waals surface area (Å²) in [5, 5.41) is 3.00. The van der Waals surface area contributed by atoms with E-state index in [0.717, 1.165) is 30.8 Å². The van der Waals surface area contributed by atoms with Gasteiger partial charge < -0.3 is 15.0 Å². The lowest BCUT2D eigenvalue weighted by atomic mass is 10.0. The summed E-state index contributed by atoms with van der Waals surface area (Å²) in [6.07, 6.45) is 2.26. The van der Waals surface area contributed by atoms with E-state index in [4.69, 9.17) is 4.74 Å². The second kappa shape index (κ2) is 7.39. The molecule has 1 aliphatic heterocycles. The number of benzene rings is 2. The molecule has 0 aromatic heterocycles. The summed E-state index contributed by atoms with van der Waals surface area (Å²) < 4.78 is 5.97. The number of amides is 2. The van der Waals surface area contributed by atoms with Crippen molar-refractivity contribution in [2.45, 2.75) is 26.7 Å². The fourth-order valence-electron chi connectivity index (χ4n) is 3.03. The smallest absolute Gasteiger partial charge is 0.321 e. The third-order valence-electron chi connectivity index (χ3n) is 4.29. The van der Waals surface area contributed by atoms with Crippen molar-refractivity contribution in [1.29, 1.82) is 0 Å². The van der Waals surface area contributed by atoms with Crippen LogP contribution >= 0.6 is 0 Å². The minimum Gasteiger partial charge on any atom is -0.455 e. The van der Waals surface area contributed by atoms with Crippen LogP contribution in [0.1, 0.15) is 25.3 Å². The molecule has 0 saturated carbocycles. The summed E-state index contributed by atoms with van der Waals surface area (Å²) >= 11 is 0. The van der Waals surface area contributed by atoms with Crippen molar-refractivity contribution >= 4 is 11.7 Å². The van der Waals surface area contributed by atoms with Gasteiger partial charge in [-0.3, -0.25) is 0 Å². The molecule has 4 heteroatoms. The second-order valence-corrected chi connectivity index (χ2v) is 6.54. The second-order valence-electron chi connectivity index (χ2n) is 6.54. The first-order chi connectivity index (χ1) is 11.6. The lowest BCUT2D eigenvalue weighted by Gasteiger charge is -2.31. The van der Waals surface area contributed by atoms with Gasteiger partial charge in [-0.1, -0.05) is 31.2 Å². The number of urea groups is 1. The molecule has 3 rings (SSSR count). The van der Waals surface area contributed by atoms with Crippen molar-refractivity contribution in [1.82, 2.24) is 4.90 Å². The van der Waals surface area contributed by atoms with E-state index in [2.05, 4.69) is 12.2 Å². The number of nitrogens with zero attached hydrogens (tertiary/aromatic N) is 1. The van der Waals surface area contributed by atoms with E-state index in [1.807, 2.05) is 60.4 Å². The van der Waals surface area contributed by atoms with Crippen molar-refractivity contribution < 1.29 is 9.53 Å². The van der Waals surface area contributed by atoms with Gasteiger partial charge in [0.25, 0.3) is 0 Å². The van der Waals surface area contributed by atoms with Crippen LogP contribution in [-0.2, 0) is 0 Å². The standard InChI is InChI=1S/C20H24N2O2/c1-15-7-5-9-17(13-15)24-19-11-4-3-10-18(19)21-20(23)22-12-6-8-16(2)14-22/h3-5,7,9-11,13,16H,6,8,12,14H2,1-2H3,(H,21,23). The summed E-state index contributed by atoms with van der Waals surface area (Å²) in [7, 11) is 0. The Kier molecular flexibility index (Phi) is 5.04. The van der Waals surface area contributed by atoms with E-state index in [1.165, 1.54) is 6.42 Å². The van der Waals surface area contributed by atoms with Gasteiger partial charge in [-0.05, 0) is 55.5 Å². The summed E-state index contributed by atoms with van der Waals surface area (Å²) in [6, 6.07) is 15.4. The highest BCUT2D eigenvalue weighted by Crippen LogP contribution is 2.30. The van der Waals surface area contributed by atoms with Crippen molar-refractivity contribution in [3.05, 3.63) is 54.1 Å². The van der Waals surface area contributed by atoms with Gasteiger partial charge in [-0.25, -0.2) is 4.79 Å². The summed E-state index contributed by atoms with van der Waals surface area (Å²) in [6.45, 7) is 5.84. The highest BCUT2D eigenvalue weighted by molar-refractivity contribution is 5.91.